The molecule has 2 unspecified atom stereocenters. The third-order valence-electron chi connectivity index (χ3n) is 2.32. The number of rotatable bonds is 1. The highest BCUT2D eigenvalue weighted by atomic mass is 16.3. The molecule has 1 aliphatic rings. The third kappa shape index (κ3) is 1.86. The monoisotopic (exact) mass is 152 g/mol. The maximum atomic E-state index is 9.51. The van der Waals surface area contributed by atoms with E-state index in [2.05, 4.69) is 13.5 Å². The first kappa shape index (κ1) is 8.38. The molecular formula is C10H16O. The van der Waals surface area contributed by atoms with Gasteiger partial charge in [-0.05, 0) is 31.8 Å². The third-order valence-corrected chi connectivity index (χ3v) is 2.32. The molecule has 0 amide bonds. The molecular weight excluding hydrogens is 136 g/mol. The van der Waals surface area contributed by atoms with Crippen molar-refractivity contribution >= 4 is 0 Å². The predicted molar refractivity (Wildman–Crippen MR) is 47.4 cm³/mol. The van der Waals surface area contributed by atoms with Crippen LogP contribution >= 0.6 is 0 Å². The number of hydrogen-bond acceptors (Lipinski definition) is 1. The summed E-state index contributed by atoms with van der Waals surface area (Å²) in [5, 5.41) is 9.51. The molecule has 1 nitrogen and oxygen atoms in total. The molecule has 1 N–H and O–H groups in total. The number of aliphatic hydroxyl groups excluding tert-OH is 1. The molecule has 0 radical (unpaired) electrons. The van der Waals surface area contributed by atoms with Gasteiger partial charge in [0.15, 0.2) is 0 Å². The lowest BCUT2D eigenvalue weighted by Crippen LogP contribution is -2.13. The van der Waals surface area contributed by atoms with E-state index >= 15 is 0 Å². The van der Waals surface area contributed by atoms with Crippen LogP contribution in [0.25, 0.3) is 0 Å². The molecule has 0 heterocycles. The average molecular weight is 152 g/mol. The van der Waals surface area contributed by atoms with Crippen LogP contribution in [-0.4, -0.2) is 5.11 Å². The second kappa shape index (κ2) is 3.12. The summed E-state index contributed by atoms with van der Waals surface area (Å²) in [6.45, 7) is 7.96. The van der Waals surface area contributed by atoms with Crippen molar-refractivity contribution in [3.8, 4) is 0 Å². The molecule has 0 saturated carbocycles. The van der Waals surface area contributed by atoms with Gasteiger partial charge in [-0.15, -0.1) is 0 Å². The second-order valence-corrected chi connectivity index (χ2v) is 3.55. The van der Waals surface area contributed by atoms with Gasteiger partial charge >= 0.3 is 0 Å². The SMILES string of the molecule is C=C(C)C1CCC(C)C=C1O. The van der Waals surface area contributed by atoms with Gasteiger partial charge in [0.05, 0.1) is 5.76 Å². The van der Waals surface area contributed by atoms with E-state index in [9.17, 15) is 5.11 Å². The van der Waals surface area contributed by atoms with E-state index in [1.165, 1.54) is 6.42 Å². The zero-order valence-electron chi connectivity index (χ0n) is 7.30. The normalized spacial score (nSPS) is 31.3. The van der Waals surface area contributed by atoms with Gasteiger partial charge in [-0.1, -0.05) is 19.1 Å². The van der Waals surface area contributed by atoms with Crippen LogP contribution < -0.4 is 0 Å². The Hall–Kier alpha value is -0.720. The Morgan fingerprint density at radius 1 is 1.64 bits per heavy atom. The standard InChI is InChI=1S/C10H16O/c1-7(2)9-5-4-8(3)6-10(9)11/h6,8-9,11H,1,4-5H2,2-3H3. The smallest absolute Gasteiger partial charge is 0.0956 e. The van der Waals surface area contributed by atoms with Gasteiger partial charge in [0.2, 0.25) is 0 Å². The van der Waals surface area contributed by atoms with E-state index in [4.69, 9.17) is 0 Å². The molecule has 0 aromatic rings. The van der Waals surface area contributed by atoms with Crippen LogP contribution in [-0.2, 0) is 0 Å². The Labute approximate surface area is 68.4 Å². The second-order valence-electron chi connectivity index (χ2n) is 3.55. The maximum Gasteiger partial charge on any atom is 0.0956 e. The topological polar surface area (TPSA) is 20.2 Å². The molecule has 0 saturated heterocycles. The summed E-state index contributed by atoms with van der Waals surface area (Å²) in [4.78, 5) is 0. The van der Waals surface area contributed by atoms with Gasteiger partial charge in [0.25, 0.3) is 0 Å². The maximum absolute atomic E-state index is 9.51. The van der Waals surface area contributed by atoms with E-state index in [0.29, 0.717) is 11.7 Å². The Bertz CT molecular complexity index is 191. The molecule has 2 atom stereocenters. The van der Waals surface area contributed by atoms with Gasteiger partial charge < -0.3 is 5.11 Å². The lowest BCUT2D eigenvalue weighted by molar-refractivity contribution is 0.306. The van der Waals surface area contributed by atoms with Crippen molar-refractivity contribution in [2.45, 2.75) is 26.7 Å². The van der Waals surface area contributed by atoms with Crippen LogP contribution in [0.15, 0.2) is 24.0 Å². The minimum absolute atomic E-state index is 0.228. The zero-order valence-corrected chi connectivity index (χ0v) is 7.30. The molecule has 0 fully saturated rings. The highest BCUT2D eigenvalue weighted by Gasteiger charge is 2.20. The highest BCUT2D eigenvalue weighted by molar-refractivity contribution is 5.15. The van der Waals surface area contributed by atoms with E-state index in [1.807, 2.05) is 13.0 Å². The largest absolute Gasteiger partial charge is 0.512 e. The van der Waals surface area contributed by atoms with Crippen molar-refractivity contribution in [1.82, 2.24) is 0 Å². The van der Waals surface area contributed by atoms with E-state index in [-0.39, 0.29) is 5.92 Å². The van der Waals surface area contributed by atoms with Crippen molar-refractivity contribution in [3.63, 3.8) is 0 Å². The van der Waals surface area contributed by atoms with Crippen LogP contribution in [0.2, 0.25) is 0 Å². The summed E-state index contributed by atoms with van der Waals surface area (Å²) in [5.74, 6) is 1.29. The van der Waals surface area contributed by atoms with E-state index in [0.717, 1.165) is 12.0 Å². The minimum atomic E-state index is 0.228. The fraction of sp³-hybridized carbons (Fsp3) is 0.600. The highest BCUT2D eigenvalue weighted by Crippen LogP contribution is 2.30. The van der Waals surface area contributed by atoms with Gasteiger partial charge in [-0.2, -0.15) is 0 Å². The van der Waals surface area contributed by atoms with Crippen molar-refractivity contribution in [2.24, 2.45) is 11.8 Å². The summed E-state index contributed by atoms with van der Waals surface area (Å²) >= 11 is 0. The molecule has 0 aliphatic heterocycles. The first-order chi connectivity index (χ1) is 5.11. The molecule has 1 aliphatic carbocycles. The van der Waals surface area contributed by atoms with Crippen molar-refractivity contribution in [2.75, 3.05) is 0 Å². The Balaban J connectivity index is 2.72. The summed E-state index contributed by atoms with van der Waals surface area (Å²) in [5.41, 5.74) is 1.07. The zero-order chi connectivity index (χ0) is 8.43. The van der Waals surface area contributed by atoms with Crippen LogP contribution in [0.1, 0.15) is 26.7 Å². The quantitative estimate of drug-likeness (QED) is 0.572. The lowest BCUT2D eigenvalue weighted by atomic mass is 9.84. The summed E-state index contributed by atoms with van der Waals surface area (Å²) in [6.07, 6.45) is 4.17. The van der Waals surface area contributed by atoms with Crippen LogP contribution in [0, 0.1) is 11.8 Å². The Kier molecular flexibility index (Phi) is 2.38. The van der Waals surface area contributed by atoms with Crippen LogP contribution in [0.4, 0.5) is 0 Å². The van der Waals surface area contributed by atoms with E-state index in [1.54, 1.807) is 0 Å². The summed E-state index contributed by atoms with van der Waals surface area (Å²) in [6, 6.07) is 0. The lowest BCUT2D eigenvalue weighted by Gasteiger charge is -2.23. The molecule has 1 heteroatoms. The van der Waals surface area contributed by atoms with Crippen LogP contribution in [0.3, 0.4) is 0 Å². The van der Waals surface area contributed by atoms with Crippen LogP contribution in [0.5, 0.6) is 0 Å². The number of aliphatic hydroxyl groups is 1. The van der Waals surface area contributed by atoms with Crippen molar-refractivity contribution in [3.05, 3.63) is 24.0 Å². The average Bonchev–Trinajstić information content (AvgIpc) is 1.85. The summed E-state index contributed by atoms with van der Waals surface area (Å²) < 4.78 is 0. The molecule has 0 spiro atoms. The first-order valence-corrected chi connectivity index (χ1v) is 4.17. The van der Waals surface area contributed by atoms with Crippen molar-refractivity contribution < 1.29 is 5.11 Å². The molecule has 0 aromatic heterocycles. The molecule has 62 valence electrons. The molecule has 1 rings (SSSR count). The van der Waals surface area contributed by atoms with Gasteiger partial charge in [0, 0.05) is 5.92 Å². The van der Waals surface area contributed by atoms with Gasteiger partial charge in [0.1, 0.15) is 0 Å². The molecule has 11 heavy (non-hydrogen) atoms. The Morgan fingerprint density at radius 3 is 2.73 bits per heavy atom. The van der Waals surface area contributed by atoms with Gasteiger partial charge in [-0.3, -0.25) is 0 Å². The molecule has 0 bridgehead atoms. The van der Waals surface area contributed by atoms with Crippen molar-refractivity contribution in [1.29, 1.82) is 0 Å². The van der Waals surface area contributed by atoms with Gasteiger partial charge in [-0.25, -0.2) is 0 Å². The fourth-order valence-electron chi connectivity index (χ4n) is 1.57. The number of allylic oxidation sites excluding steroid dienone is 2. The summed E-state index contributed by atoms with van der Waals surface area (Å²) in [7, 11) is 0. The molecule has 0 aromatic carbocycles. The first-order valence-electron chi connectivity index (χ1n) is 4.17. The number of hydrogen-bond donors (Lipinski definition) is 1. The van der Waals surface area contributed by atoms with E-state index < -0.39 is 0 Å². The minimum Gasteiger partial charge on any atom is -0.512 e. The Morgan fingerprint density at radius 2 is 2.27 bits per heavy atom. The fourth-order valence-corrected chi connectivity index (χ4v) is 1.57. The predicted octanol–water partition coefficient (Wildman–Crippen LogP) is 3.05.